The van der Waals surface area contributed by atoms with Gasteiger partial charge in [-0.25, -0.2) is 9.37 Å². The van der Waals surface area contributed by atoms with E-state index in [1.165, 1.54) is 0 Å². The number of benzene rings is 2. The number of fused-ring (bicyclic) bond motifs is 2. The lowest BCUT2D eigenvalue weighted by molar-refractivity contribution is 0.194. The SMILES string of the molecule is COc1cc(N2CCC3CCN(CCF)C3C2)c(-c2cnn(C)c2)cc1Nc1ncc(Br)c(Nc2ccc3nccnc3c2P(C)(C)=O)n1. The zero-order valence-electron chi connectivity index (χ0n) is 27.9. The molecule has 3 aromatic heterocycles. The molecule has 12 nitrogen and oxygen atoms in total. The van der Waals surface area contributed by atoms with E-state index in [2.05, 4.69) is 62.5 Å². The molecule has 2 saturated heterocycles. The van der Waals surface area contributed by atoms with Crippen LogP contribution < -0.4 is 25.6 Å². The van der Waals surface area contributed by atoms with Crippen molar-refractivity contribution >= 4 is 68.2 Å². The summed E-state index contributed by atoms with van der Waals surface area (Å²) in [6.07, 6.45) is 10.9. The lowest BCUT2D eigenvalue weighted by Gasteiger charge is -2.40. The second kappa shape index (κ2) is 13.6. The highest BCUT2D eigenvalue weighted by Crippen LogP contribution is 2.44. The Labute approximate surface area is 293 Å². The van der Waals surface area contributed by atoms with Crippen LogP contribution in [0, 0.1) is 5.92 Å². The molecule has 2 aromatic carbocycles. The number of ether oxygens (including phenoxy) is 1. The zero-order chi connectivity index (χ0) is 34.3. The van der Waals surface area contributed by atoms with Crippen LogP contribution in [-0.4, -0.2) is 94.0 Å². The minimum absolute atomic E-state index is 0.321. The highest BCUT2D eigenvalue weighted by atomic mass is 79.9. The van der Waals surface area contributed by atoms with Crippen molar-refractivity contribution < 1.29 is 13.7 Å². The molecule has 2 fully saturated rings. The van der Waals surface area contributed by atoms with Crippen LogP contribution in [0.15, 0.2) is 59.7 Å². The summed E-state index contributed by atoms with van der Waals surface area (Å²) in [4.78, 5) is 22.9. The molecule has 2 aliphatic heterocycles. The van der Waals surface area contributed by atoms with Crippen LogP contribution in [0.3, 0.4) is 0 Å². The number of rotatable bonds is 10. The Morgan fingerprint density at radius 3 is 2.63 bits per heavy atom. The molecule has 256 valence electrons. The first-order chi connectivity index (χ1) is 23.6. The number of aryl methyl sites for hydroxylation is 1. The Balaban J connectivity index is 1.23. The van der Waals surface area contributed by atoms with Gasteiger partial charge in [0.2, 0.25) is 5.95 Å². The number of piperidine rings is 1. The fourth-order valence-electron chi connectivity index (χ4n) is 7.15. The average Bonchev–Trinajstić information content (AvgIpc) is 3.71. The normalized spacial score (nSPS) is 18.1. The van der Waals surface area contributed by atoms with Crippen LogP contribution >= 0.6 is 23.1 Å². The molecule has 0 spiro atoms. The van der Waals surface area contributed by atoms with Gasteiger partial charge in [0.25, 0.3) is 0 Å². The third-order valence-electron chi connectivity index (χ3n) is 9.42. The lowest BCUT2D eigenvalue weighted by atomic mass is 9.91. The molecule has 2 aliphatic rings. The van der Waals surface area contributed by atoms with Crippen LogP contribution in [0.4, 0.5) is 33.2 Å². The Bertz CT molecular complexity index is 2060. The molecule has 7 rings (SSSR count). The predicted molar refractivity (Wildman–Crippen MR) is 196 cm³/mol. The van der Waals surface area contributed by atoms with Crippen molar-refractivity contribution in [2.24, 2.45) is 13.0 Å². The molecule has 2 atom stereocenters. The molecule has 5 heterocycles. The second-order valence-electron chi connectivity index (χ2n) is 12.9. The third kappa shape index (κ3) is 6.73. The maximum absolute atomic E-state index is 13.5. The van der Waals surface area contributed by atoms with E-state index in [0.717, 1.165) is 49.3 Å². The molecule has 2 N–H and O–H groups in total. The molecule has 0 aliphatic carbocycles. The highest BCUT2D eigenvalue weighted by Gasteiger charge is 2.39. The smallest absolute Gasteiger partial charge is 0.229 e. The van der Waals surface area contributed by atoms with Gasteiger partial charge >= 0.3 is 0 Å². The number of hydrogen-bond acceptors (Lipinski definition) is 11. The van der Waals surface area contributed by atoms with Crippen LogP contribution in [0.2, 0.25) is 0 Å². The van der Waals surface area contributed by atoms with Crippen LogP contribution in [0.1, 0.15) is 12.8 Å². The number of nitrogens with one attached hydrogen (secondary N) is 2. The van der Waals surface area contributed by atoms with Gasteiger partial charge in [0.1, 0.15) is 30.9 Å². The summed E-state index contributed by atoms with van der Waals surface area (Å²) in [5.74, 6) is 2.03. The van der Waals surface area contributed by atoms with Gasteiger partial charge in [-0.1, -0.05) is 0 Å². The van der Waals surface area contributed by atoms with E-state index in [4.69, 9.17) is 9.72 Å². The molecular formula is C34H39BrFN10O2P. The number of halogens is 2. The van der Waals surface area contributed by atoms with Crippen molar-refractivity contribution in [2.45, 2.75) is 18.9 Å². The number of methoxy groups -OCH3 is 1. The van der Waals surface area contributed by atoms with Gasteiger partial charge in [-0.15, -0.1) is 0 Å². The summed E-state index contributed by atoms with van der Waals surface area (Å²) in [6, 6.07) is 8.12. The summed E-state index contributed by atoms with van der Waals surface area (Å²) < 4.78 is 35.2. The second-order valence-corrected chi connectivity index (χ2v) is 16.9. The first kappa shape index (κ1) is 33.4. The molecular weight excluding hydrogens is 710 g/mol. The largest absolute Gasteiger partial charge is 0.494 e. The van der Waals surface area contributed by atoms with Gasteiger partial charge in [-0.05, 0) is 72.8 Å². The summed E-state index contributed by atoms with van der Waals surface area (Å²) in [5.41, 5.74) is 5.56. The van der Waals surface area contributed by atoms with Crippen molar-refractivity contribution in [1.82, 2.24) is 34.6 Å². The minimum Gasteiger partial charge on any atom is -0.494 e. The molecule has 0 bridgehead atoms. The lowest BCUT2D eigenvalue weighted by Crippen LogP contribution is -2.48. The first-order valence-electron chi connectivity index (χ1n) is 16.2. The standard InChI is InChI=1S/C34H39BrFN10O2P/c1-44-19-22(17-40-44)23-15-27(30(48-2)16-28(23)46-13-8-21-7-12-45(14-9-36)29(21)20-46)42-34-39-18-24(35)33(43-34)41-26-6-5-25-31(38-11-10-37-25)32(26)49(3,4)47/h5-6,10-11,15-19,21,29H,7-9,12-14,20H2,1-4H3,(H2,39,41,42,43). The summed E-state index contributed by atoms with van der Waals surface area (Å²) in [5, 5.41) is 11.8. The molecule has 15 heteroatoms. The third-order valence-corrected chi connectivity index (χ3v) is 11.5. The average molecular weight is 750 g/mol. The van der Waals surface area contributed by atoms with Gasteiger partial charge in [0.05, 0.1) is 40.0 Å². The maximum atomic E-state index is 13.5. The minimum atomic E-state index is -2.78. The topological polar surface area (TPSA) is 126 Å². The van der Waals surface area contributed by atoms with Gasteiger partial charge in [0.15, 0.2) is 0 Å². The molecule has 0 radical (unpaired) electrons. The van der Waals surface area contributed by atoms with Crippen molar-refractivity contribution in [3.05, 3.63) is 59.7 Å². The van der Waals surface area contributed by atoms with Gasteiger partial charge < -0.3 is 24.8 Å². The summed E-state index contributed by atoms with van der Waals surface area (Å²) in [7, 11) is 0.768. The maximum Gasteiger partial charge on any atom is 0.229 e. The van der Waals surface area contributed by atoms with Crippen molar-refractivity contribution in [3.63, 3.8) is 0 Å². The quantitative estimate of drug-likeness (QED) is 0.159. The zero-order valence-corrected chi connectivity index (χ0v) is 30.4. The van der Waals surface area contributed by atoms with E-state index in [0.29, 0.717) is 68.2 Å². The fourth-order valence-corrected chi connectivity index (χ4v) is 8.84. The van der Waals surface area contributed by atoms with Crippen LogP contribution in [0.25, 0.3) is 22.2 Å². The van der Waals surface area contributed by atoms with E-state index in [1.807, 2.05) is 37.6 Å². The van der Waals surface area contributed by atoms with E-state index >= 15 is 0 Å². The number of nitrogens with zero attached hydrogens (tertiary/aromatic N) is 8. The number of alkyl halides is 1. The highest BCUT2D eigenvalue weighted by molar-refractivity contribution is 9.10. The first-order valence-corrected chi connectivity index (χ1v) is 19.6. The van der Waals surface area contributed by atoms with Gasteiger partial charge in [-0.3, -0.25) is 19.5 Å². The number of aromatic nitrogens is 6. The van der Waals surface area contributed by atoms with E-state index in [9.17, 15) is 8.96 Å². The molecule has 2 unspecified atom stereocenters. The van der Waals surface area contributed by atoms with E-state index < -0.39 is 7.14 Å². The molecule has 5 aromatic rings. The monoisotopic (exact) mass is 748 g/mol. The number of likely N-dealkylation sites (tertiary alicyclic amines) is 1. The Kier molecular flexibility index (Phi) is 9.29. The van der Waals surface area contributed by atoms with Crippen molar-refractivity contribution in [1.29, 1.82) is 0 Å². The molecule has 49 heavy (non-hydrogen) atoms. The van der Waals surface area contributed by atoms with E-state index in [1.54, 1.807) is 43.7 Å². The molecule has 0 amide bonds. The number of anilines is 5. The number of hydrogen-bond donors (Lipinski definition) is 2. The van der Waals surface area contributed by atoms with Crippen LogP contribution in [-0.2, 0) is 11.6 Å². The summed E-state index contributed by atoms with van der Waals surface area (Å²) in [6.45, 7) is 6.26. The Hall–Kier alpha value is -4.13. The summed E-state index contributed by atoms with van der Waals surface area (Å²) >= 11 is 3.58. The van der Waals surface area contributed by atoms with Crippen molar-refractivity contribution in [2.75, 3.05) is 68.8 Å². The van der Waals surface area contributed by atoms with E-state index in [-0.39, 0.29) is 6.67 Å². The predicted octanol–water partition coefficient (Wildman–Crippen LogP) is 6.20. The molecule has 0 saturated carbocycles. The fraction of sp³-hybridized carbons (Fsp3) is 0.382. The Morgan fingerprint density at radius 1 is 1.06 bits per heavy atom. The van der Waals surface area contributed by atoms with Crippen molar-refractivity contribution in [3.8, 4) is 16.9 Å². The Morgan fingerprint density at radius 2 is 1.88 bits per heavy atom. The van der Waals surface area contributed by atoms with Crippen LogP contribution in [0.5, 0.6) is 5.75 Å². The van der Waals surface area contributed by atoms with Gasteiger partial charge in [-0.2, -0.15) is 10.1 Å². The van der Waals surface area contributed by atoms with Gasteiger partial charge in [0, 0.05) is 80.4 Å².